The minimum absolute atomic E-state index is 0.0528. The molecule has 2 amide bonds. The van der Waals surface area contributed by atoms with Gasteiger partial charge in [-0.05, 0) is 42.3 Å². The summed E-state index contributed by atoms with van der Waals surface area (Å²) in [6, 6.07) is 10.6. The summed E-state index contributed by atoms with van der Waals surface area (Å²) < 4.78 is 5.35. The molecule has 1 aliphatic heterocycles. The SMILES string of the molecule is O=C(CCCNC(=O)c1ccc(Cl)cc1)NCc1ccc(N2CCOCC2)nc1. The van der Waals surface area contributed by atoms with Crippen LogP contribution in [-0.4, -0.2) is 49.6 Å². The Hall–Kier alpha value is -2.64. The summed E-state index contributed by atoms with van der Waals surface area (Å²) in [5.41, 5.74) is 1.50. The van der Waals surface area contributed by atoms with Gasteiger partial charge in [-0.1, -0.05) is 17.7 Å². The van der Waals surface area contributed by atoms with Crippen molar-refractivity contribution in [2.75, 3.05) is 37.7 Å². The monoisotopic (exact) mass is 416 g/mol. The molecule has 2 aromatic rings. The lowest BCUT2D eigenvalue weighted by atomic mass is 10.2. The molecule has 0 spiro atoms. The molecular weight excluding hydrogens is 392 g/mol. The molecular formula is C21H25ClN4O3. The molecule has 29 heavy (non-hydrogen) atoms. The number of carbonyl (C=O) groups excluding carboxylic acids is 2. The van der Waals surface area contributed by atoms with Crippen LogP contribution in [0.3, 0.4) is 0 Å². The number of rotatable bonds is 8. The van der Waals surface area contributed by atoms with Crippen molar-refractivity contribution in [2.24, 2.45) is 0 Å². The van der Waals surface area contributed by atoms with Crippen molar-refractivity contribution < 1.29 is 14.3 Å². The van der Waals surface area contributed by atoms with Gasteiger partial charge in [0.1, 0.15) is 5.82 Å². The average Bonchev–Trinajstić information content (AvgIpc) is 2.76. The smallest absolute Gasteiger partial charge is 0.251 e. The van der Waals surface area contributed by atoms with Crippen LogP contribution >= 0.6 is 11.6 Å². The number of anilines is 1. The van der Waals surface area contributed by atoms with Gasteiger partial charge in [0.25, 0.3) is 5.91 Å². The molecule has 1 fully saturated rings. The third-order valence-electron chi connectivity index (χ3n) is 4.61. The number of pyridine rings is 1. The highest BCUT2D eigenvalue weighted by Gasteiger charge is 2.12. The molecule has 0 aliphatic carbocycles. The Bertz CT molecular complexity index is 806. The number of nitrogens with zero attached hydrogens (tertiary/aromatic N) is 2. The predicted molar refractivity (Wildman–Crippen MR) is 112 cm³/mol. The first-order chi connectivity index (χ1) is 14.1. The van der Waals surface area contributed by atoms with Gasteiger partial charge in [0.2, 0.25) is 5.91 Å². The fraction of sp³-hybridized carbons (Fsp3) is 0.381. The quantitative estimate of drug-likeness (QED) is 0.645. The van der Waals surface area contributed by atoms with E-state index < -0.39 is 0 Å². The van der Waals surface area contributed by atoms with E-state index in [1.165, 1.54) is 0 Å². The molecule has 1 saturated heterocycles. The van der Waals surface area contributed by atoms with E-state index in [2.05, 4.69) is 20.5 Å². The first kappa shape index (κ1) is 21.1. The maximum Gasteiger partial charge on any atom is 0.251 e. The molecule has 8 heteroatoms. The van der Waals surface area contributed by atoms with Crippen molar-refractivity contribution in [1.82, 2.24) is 15.6 Å². The van der Waals surface area contributed by atoms with Gasteiger partial charge in [0.15, 0.2) is 0 Å². The largest absolute Gasteiger partial charge is 0.378 e. The van der Waals surface area contributed by atoms with Crippen LogP contribution in [0.1, 0.15) is 28.8 Å². The third-order valence-corrected chi connectivity index (χ3v) is 4.86. The number of hydrogen-bond acceptors (Lipinski definition) is 5. The second kappa shape index (κ2) is 10.8. The van der Waals surface area contributed by atoms with E-state index in [1.807, 2.05) is 12.1 Å². The number of aromatic nitrogens is 1. The Balaban J connectivity index is 1.32. The molecule has 1 aliphatic rings. The molecule has 1 aromatic heterocycles. The van der Waals surface area contributed by atoms with Crippen LogP contribution in [0.4, 0.5) is 5.82 Å². The van der Waals surface area contributed by atoms with Crippen molar-refractivity contribution in [2.45, 2.75) is 19.4 Å². The van der Waals surface area contributed by atoms with Gasteiger partial charge in [0.05, 0.1) is 13.2 Å². The molecule has 2 heterocycles. The number of hydrogen-bond donors (Lipinski definition) is 2. The molecule has 3 rings (SSSR count). The van der Waals surface area contributed by atoms with Crippen LogP contribution in [0.2, 0.25) is 5.02 Å². The highest BCUT2D eigenvalue weighted by atomic mass is 35.5. The second-order valence-electron chi connectivity index (χ2n) is 6.77. The summed E-state index contributed by atoms with van der Waals surface area (Å²) in [5.74, 6) is 0.705. The predicted octanol–water partition coefficient (Wildman–Crippen LogP) is 2.40. The van der Waals surface area contributed by atoms with Gasteiger partial charge in [-0.3, -0.25) is 9.59 Å². The van der Waals surface area contributed by atoms with Crippen LogP contribution in [0, 0.1) is 0 Å². The zero-order chi connectivity index (χ0) is 20.5. The maximum absolute atomic E-state index is 12.0. The Morgan fingerprint density at radius 3 is 2.52 bits per heavy atom. The Kier molecular flexibility index (Phi) is 7.84. The molecule has 2 N–H and O–H groups in total. The van der Waals surface area contributed by atoms with Crippen molar-refractivity contribution >= 4 is 29.2 Å². The molecule has 0 unspecified atom stereocenters. The van der Waals surface area contributed by atoms with Crippen molar-refractivity contribution in [1.29, 1.82) is 0 Å². The van der Waals surface area contributed by atoms with E-state index in [4.69, 9.17) is 16.3 Å². The van der Waals surface area contributed by atoms with Gasteiger partial charge in [-0.15, -0.1) is 0 Å². The van der Waals surface area contributed by atoms with Gasteiger partial charge < -0.3 is 20.3 Å². The summed E-state index contributed by atoms with van der Waals surface area (Å²) in [5, 5.41) is 6.27. The first-order valence-electron chi connectivity index (χ1n) is 9.70. The van der Waals surface area contributed by atoms with Crippen LogP contribution in [-0.2, 0) is 16.1 Å². The van der Waals surface area contributed by atoms with Gasteiger partial charge in [0, 0.05) is 49.4 Å². The second-order valence-corrected chi connectivity index (χ2v) is 7.20. The van der Waals surface area contributed by atoms with E-state index in [0.29, 0.717) is 36.5 Å². The number of morpholine rings is 1. The number of benzene rings is 1. The number of nitrogens with one attached hydrogen (secondary N) is 2. The van der Waals surface area contributed by atoms with Gasteiger partial charge in [-0.25, -0.2) is 4.98 Å². The van der Waals surface area contributed by atoms with Crippen molar-refractivity contribution in [3.05, 3.63) is 58.7 Å². The molecule has 1 aromatic carbocycles. The highest BCUT2D eigenvalue weighted by molar-refractivity contribution is 6.30. The van der Waals surface area contributed by atoms with E-state index >= 15 is 0 Å². The Morgan fingerprint density at radius 2 is 1.83 bits per heavy atom. The summed E-state index contributed by atoms with van der Waals surface area (Å²) in [4.78, 5) is 30.6. The summed E-state index contributed by atoms with van der Waals surface area (Å²) in [6.45, 7) is 4.01. The Morgan fingerprint density at radius 1 is 1.07 bits per heavy atom. The topological polar surface area (TPSA) is 83.6 Å². The minimum atomic E-state index is -0.173. The molecule has 0 atom stereocenters. The zero-order valence-electron chi connectivity index (χ0n) is 16.2. The lowest BCUT2D eigenvalue weighted by Gasteiger charge is -2.27. The Labute approximate surface area is 175 Å². The number of halogens is 1. The van der Waals surface area contributed by atoms with Crippen LogP contribution in [0.5, 0.6) is 0 Å². The van der Waals surface area contributed by atoms with E-state index in [9.17, 15) is 9.59 Å². The fourth-order valence-corrected chi connectivity index (χ4v) is 3.07. The van der Waals surface area contributed by atoms with E-state index in [0.717, 1.165) is 37.7 Å². The standard InChI is InChI=1S/C21H25ClN4O3/c22-18-6-4-17(5-7-18)21(28)23-9-1-2-20(27)25-15-16-3-8-19(24-14-16)26-10-12-29-13-11-26/h3-8,14H,1-2,9-13,15H2,(H,23,28)(H,25,27). The average molecular weight is 417 g/mol. The van der Waals surface area contributed by atoms with Crippen LogP contribution < -0.4 is 15.5 Å². The number of amides is 2. The van der Waals surface area contributed by atoms with Crippen molar-refractivity contribution in [3.8, 4) is 0 Å². The van der Waals surface area contributed by atoms with E-state index in [-0.39, 0.29) is 11.8 Å². The first-order valence-corrected chi connectivity index (χ1v) is 10.1. The molecule has 0 radical (unpaired) electrons. The lowest BCUT2D eigenvalue weighted by Crippen LogP contribution is -2.36. The molecule has 0 saturated carbocycles. The third kappa shape index (κ3) is 6.73. The zero-order valence-corrected chi connectivity index (χ0v) is 17.0. The molecule has 154 valence electrons. The van der Waals surface area contributed by atoms with Crippen LogP contribution in [0.25, 0.3) is 0 Å². The maximum atomic E-state index is 12.0. The molecule has 0 bridgehead atoms. The minimum Gasteiger partial charge on any atom is -0.378 e. The summed E-state index contributed by atoms with van der Waals surface area (Å²) in [7, 11) is 0. The lowest BCUT2D eigenvalue weighted by molar-refractivity contribution is -0.121. The summed E-state index contributed by atoms with van der Waals surface area (Å²) >= 11 is 5.81. The van der Waals surface area contributed by atoms with E-state index in [1.54, 1.807) is 30.5 Å². The van der Waals surface area contributed by atoms with Crippen molar-refractivity contribution in [3.63, 3.8) is 0 Å². The molecule has 7 nitrogen and oxygen atoms in total. The summed E-state index contributed by atoms with van der Waals surface area (Å²) in [6.07, 6.45) is 2.71. The number of ether oxygens (including phenoxy) is 1. The normalized spacial score (nSPS) is 13.8. The fourth-order valence-electron chi connectivity index (χ4n) is 2.94. The number of carbonyl (C=O) groups is 2. The highest BCUT2D eigenvalue weighted by Crippen LogP contribution is 2.13. The van der Waals surface area contributed by atoms with Gasteiger partial charge >= 0.3 is 0 Å². The van der Waals surface area contributed by atoms with Crippen LogP contribution in [0.15, 0.2) is 42.6 Å². The van der Waals surface area contributed by atoms with Gasteiger partial charge in [-0.2, -0.15) is 0 Å².